The van der Waals surface area contributed by atoms with Crippen molar-refractivity contribution in [2.45, 2.75) is 57.8 Å². The van der Waals surface area contributed by atoms with E-state index in [-0.39, 0.29) is 18.6 Å². The molecular weight excluding hydrogens is 364 g/mol. The first kappa shape index (κ1) is 19.5. The van der Waals surface area contributed by atoms with Gasteiger partial charge < -0.3 is 9.84 Å². The number of nitrogens with zero attached hydrogens (tertiary/aromatic N) is 2. The Bertz CT molecular complexity index is 755. The number of amides is 1. The third kappa shape index (κ3) is 4.73. The largest absolute Gasteiger partial charge is 0.449 e. The van der Waals surface area contributed by atoms with Crippen molar-refractivity contribution >= 4 is 28.3 Å². The number of benzene rings is 1. The van der Waals surface area contributed by atoms with Crippen LogP contribution in [0.2, 0.25) is 0 Å². The molecule has 1 aliphatic carbocycles. The van der Waals surface area contributed by atoms with Crippen LogP contribution in [0, 0.1) is 0 Å². The number of aromatic nitrogens is 1. The highest BCUT2D eigenvalue weighted by atomic mass is 32.1. The number of ether oxygens (including phenoxy) is 1. The summed E-state index contributed by atoms with van der Waals surface area (Å²) in [4.78, 5) is 31.5. The van der Waals surface area contributed by atoms with E-state index >= 15 is 0 Å². The molecule has 0 aliphatic heterocycles. The highest BCUT2D eigenvalue weighted by Crippen LogP contribution is 2.29. The van der Waals surface area contributed by atoms with Gasteiger partial charge in [0, 0.05) is 17.6 Å². The molecule has 1 aromatic carbocycles. The monoisotopic (exact) mass is 388 g/mol. The van der Waals surface area contributed by atoms with Crippen LogP contribution in [0.1, 0.15) is 54.9 Å². The summed E-state index contributed by atoms with van der Waals surface area (Å²) in [6.07, 6.45) is 6.02. The van der Waals surface area contributed by atoms with Crippen LogP contribution in [0.25, 0.3) is 0 Å². The van der Waals surface area contributed by atoms with Crippen molar-refractivity contribution in [3.8, 4) is 0 Å². The van der Waals surface area contributed by atoms with Crippen molar-refractivity contribution in [2.24, 2.45) is 0 Å². The number of hydrogen-bond acceptors (Lipinski definition) is 6. The van der Waals surface area contributed by atoms with E-state index in [0.717, 1.165) is 25.7 Å². The third-order valence-electron chi connectivity index (χ3n) is 4.81. The van der Waals surface area contributed by atoms with Gasteiger partial charge in [0.1, 0.15) is 0 Å². The van der Waals surface area contributed by atoms with Gasteiger partial charge in [0.25, 0.3) is 5.91 Å². The van der Waals surface area contributed by atoms with E-state index in [0.29, 0.717) is 16.3 Å². The summed E-state index contributed by atoms with van der Waals surface area (Å²) in [5.74, 6) is -0.791. The van der Waals surface area contributed by atoms with Crippen molar-refractivity contribution in [2.75, 3.05) is 4.90 Å². The molecule has 1 heterocycles. The smallest absolute Gasteiger partial charge is 0.338 e. The Morgan fingerprint density at radius 3 is 2.56 bits per heavy atom. The zero-order valence-electron chi connectivity index (χ0n) is 15.3. The van der Waals surface area contributed by atoms with Crippen molar-refractivity contribution in [1.82, 2.24) is 4.98 Å². The number of rotatable bonds is 6. The Morgan fingerprint density at radius 1 is 1.26 bits per heavy atom. The zero-order chi connectivity index (χ0) is 19.2. The summed E-state index contributed by atoms with van der Waals surface area (Å²) in [5, 5.41) is 11.6. The van der Waals surface area contributed by atoms with Crippen LogP contribution < -0.4 is 4.90 Å². The van der Waals surface area contributed by atoms with Crippen LogP contribution in [0.15, 0.2) is 35.8 Å². The van der Waals surface area contributed by atoms with E-state index in [1.165, 1.54) is 17.8 Å². The number of aliphatic hydroxyl groups is 1. The molecule has 1 aliphatic rings. The van der Waals surface area contributed by atoms with Crippen molar-refractivity contribution in [1.29, 1.82) is 0 Å². The quantitative estimate of drug-likeness (QED) is 0.766. The fraction of sp³-hybridized carbons (Fsp3) is 0.450. The molecule has 3 rings (SSSR count). The van der Waals surface area contributed by atoms with Gasteiger partial charge in [-0.25, -0.2) is 9.78 Å². The molecule has 27 heavy (non-hydrogen) atoms. The van der Waals surface area contributed by atoms with Gasteiger partial charge in [-0.05, 0) is 37.5 Å². The molecule has 1 amide bonds. The van der Waals surface area contributed by atoms with Gasteiger partial charge in [0.2, 0.25) is 0 Å². The Hall–Kier alpha value is -2.25. The van der Waals surface area contributed by atoms with E-state index in [1.54, 1.807) is 42.3 Å². The second kappa shape index (κ2) is 9.10. The van der Waals surface area contributed by atoms with E-state index < -0.39 is 12.1 Å². The SMILES string of the molecule is CC(OC(=O)c1ccc(CO)cc1)C(=O)N(c1nccs1)C1CCCCC1. The summed E-state index contributed by atoms with van der Waals surface area (Å²) >= 11 is 1.42. The van der Waals surface area contributed by atoms with Crippen LogP contribution in [-0.4, -0.2) is 34.1 Å². The van der Waals surface area contributed by atoms with Gasteiger partial charge in [-0.2, -0.15) is 0 Å². The molecule has 0 spiro atoms. The maximum Gasteiger partial charge on any atom is 0.338 e. The lowest BCUT2D eigenvalue weighted by atomic mass is 9.94. The second-order valence-corrected chi connectivity index (χ2v) is 7.59. The van der Waals surface area contributed by atoms with Gasteiger partial charge >= 0.3 is 5.97 Å². The summed E-state index contributed by atoms with van der Waals surface area (Å²) in [6, 6.07) is 6.60. The van der Waals surface area contributed by atoms with Gasteiger partial charge in [-0.3, -0.25) is 9.69 Å². The van der Waals surface area contributed by atoms with Crippen molar-refractivity contribution in [3.63, 3.8) is 0 Å². The number of anilines is 1. The summed E-state index contributed by atoms with van der Waals surface area (Å²) in [7, 11) is 0. The molecule has 1 fully saturated rings. The molecule has 2 aromatic rings. The first-order valence-electron chi connectivity index (χ1n) is 9.23. The molecule has 1 saturated carbocycles. The maximum atomic E-state index is 13.1. The van der Waals surface area contributed by atoms with E-state index in [4.69, 9.17) is 9.84 Å². The highest BCUT2D eigenvalue weighted by molar-refractivity contribution is 7.13. The molecule has 6 nitrogen and oxygen atoms in total. The Balaban J connectivity index is 1.71. The predicted octanol–water partition coefficient (Wildman–Crippen LogP) is 3.55. The number of carbonyl (C=O) groups is 2. The average molecular weight is 388 g/mol. The molecule has 0 radical (unpaired) electrons. The lowest BCUT2D eigenvalue weighted by Gasteiger charge is -2.33. The Morgan fingerprint density at radius 2 is 1.96 bits per heavy atom. The van der Waals surface area contributed by atoms with Crippen LogP contribution in [-0.2, 0) is 16.1 Å². The van der Waals surface area contributed by atoms with E-state index in [1.807, 2.05) is 5.38 Å². The lowest BCUT2D eigenvalue weighted by molar-refractivity contribution is -0.127. The minimum Gasteiger partial charge on any atom is -0.449 e. The molecule has 0 bridgehead atoms. The van der Waals surface area contributed by atoms with Crippen LogP contribution >= 0.6 is 11.3 Å². The standard InChI is InChI=1S/C20H24N2O4S/c1-14(26-19(25)16-9-7-15(13-23)8-10-16)18(24)22(20-21-11-12-27-20)17-5-3-2-4-6-17/h7-12,14,17,23H,2-6,13H2,1H3. The van der Waals surface area contributed by atoms with Crippen molar-refractivity contribution in [3.05, 3.63) is 47.0 Å². The summed E-state index contributed by atoms with van der Waals surface area (Å²) in [6.45, 7) is 1.51. The van der Waals surface area contributed by atoms with Gasteiger partial charge in [0.15, 0.2) is 11.2 Å². The van der Waals surface area contributed by atoms with Gasteiger partial charge in [-0.1, -0.05) is 31.4 Å². The molecular formula is C20H24N2O4S. The van der Waals surface area contributed by atoms with Crippen LogP contribution in [0.4, 0.5) is 5.13 Å². The number of carbonyl (C=O) groups excluding carboxylic acids is 2. The predicted molar refractivity (Wildman–Crippen MR) is 104 cm³/mol. The van der Waals surface area contributed by atoms with Crippen LogP contribution in [0.3, 0.4) is 0 Å². The summed E-state index contributed by atoms with van der Waals surface area (Å²) in [5.41, 5.74) is 1.06. The second-order valence-electron chi connectivity index (χ2n) is 6.72. The average Bonchev–Trinajstić information content (AvgIpc) is 3.23. The first-order chi connectivity index (χ1) is 13.1. The Labute approximate surface area is 162 Å². The number of aliphatic hydroxyl groups excluding tert-OH is 1. The minimum absolute atomic E-state index is 0.0889. The molecule has 7 heteroatoms. The molecule has 1 unspecified atom stereocenters. The first-order valence-corrected chi connectivity index (χ1v) is 10.1. The van der Waals surface area contributed by atoms with E-state index in [2.05, 4.69) is 4.98 Å². The molecule has 1 N–H and O–H groups in total. The molecule has 1 aromatic heterocycles. The van der Waals surface area contributed by atoms with Crippen LogP contribution in [0.5, 0.6) is 0 Å². The van der Waals surface area contributed by atoms with Gasteiger partial charge in [-0.15, -0.1) is 11.3 Å². The minimum atomic E-state index is -0.902. The normalized spacial score (nSPS) is 15.9. The molecule has 144 valence electrons. The lowest BCUT2D eigenvalue weighted by Crippen LogP contribution is -2.47. The number of esters is 1. The number of hydrogen-bond donors (Lipinski definition) is 1. The van der Waals surface area contributed by atoms with E-state index in [9.17, 15) is 9.59 Å². The molecule has 0 saturated heterocycles. The third-order valence-corrected chi connectivity index (χ3v) is 5.58. The topological polar surface area (TPSA) is 79.7 Å². The molecule has 1 atom stereocenters. The van der Waals surface area contributed by atoms with Gasteiger partial charge in [0.05, 0.1) is 12.2 Å². The highest BCUT2D eigenvalue weighted by Gasteiger charge is 2.33. The Kier molecular flexibility index (Phi) is 6.58. The summed E-state index contributed by atoms with van der Waals surface area (Å²) < 4.78 is 5.43. The number of thiazole rings is 1. The van der Waals surface area contributed by atoms with Crippen molar-refractivity contribution < 1.29 is 19.4 Å². The fourth-order valence-electron chi connectivity index (χ4n) is 3.33. The maximum absolute atomic E-state index is 13.1. The fourth-order valence-corrected chi connectivity index (χ4v) is 4.04. The zero-order valence-corrected chi connectivity index (χ0v) is 16.2.